The molecule has 2 heterocycles. The molecule has 28 heavy (non-hydrogen) atoms. The van der Waals surface area contributed by atoms with Crippen LogP contribution in [0, 0.1) is 0 Å². The van der Waals surface area contributed by atoms with Gasteiger partial charge in [-0.2, -0.15) is 4.99 Å². The van der Waals surface area contributed by atoms with E-state index >= 15 is 0 Å². The van der Waals surface area contributed by atoms with Gasteiger partial charge in [-0.05, 0) is 48.5 Å². The Hall–Kier alpha value is -2.57. The molecule has 0 N–H and O–H groups in total. The molecule has 0 spiro atoms. The highest BCUT2D eigenvalue weighted by molar-refractivity contribution is 8.19. The van der Waals surface area contributed by atoms with Crippen molar-refractivity contribution in [2.45, 2.75) is 13.3 Å². The monoisotopic (exact) mass is 411 g/mol. The van der Waals surface area contributed by atoms with Gasteiger partial charge in [0.2, 0.25) is 0 Å². The number of amides is 2. The van der Waals surface area contributed by atoms with E-state index in [0.717, 1.165) is 23.4 Å². The molecule has 2 aromatic carbocycles. The number of anilines is 2. The molecule has 0 aliphatic carbocycles. The Bertz CT molecular complexity index is 1030. The average Bonchev–Trinajstić information content (AvgIpc) is 3.20. The zero-order chi connectivity index (χ0) is 19.8. The van der Waals surface area contributed by atoms with Gasteiger partial charge < -0.3 is 9.80 Å². The van der Waals surface area contributed by atoms with Crippen molar-refractivity contribution in [3.8, 4) is 0 Å². The van der Waals surface area contributed by atoms with E-state index in [4.69, 9.17) is 11.6 Å². The van der Waals surface area contributed by atoms with Crippen LogP contribution in [0.5, 0.6) is 0 Å². The van der Waals surface area contributed by atoms with Crippen molar-refractivity contribution in [2.24, 2.45) is 4.99 Å². The molecule has 7 heteroatoms. The minimum absolute atomic E-state index is 0.135. The predicted molar refractivity (Wildman–Crippen MR) is 116 cm³/mol. The number of carbonyl (C=O) groups excluding carboxylic acids is 2. The second-order valence-corrected chi connectivity index (χ2v) is 7.93. The molecular weight excluding hydrogens is 394 g/mol. The van der Waals surface area contributed by atoms with Crippen LogP contribution >= 0.6 is 23.4 Å². The minimum Gasteiger partial charge on any atom is -0.324 e. The van der Waals surface area contributed by atoms with Crippen LogP contribution in [0.4, 0.5) is 11.4 Å². The van der Waals surface area contributed by atoms with Gasteiger partial charge in [0.15, 0.2) is 5.17 Å². The van der Waals surface area contributed by atoms with Gasteiger partial charge in [0.25, 0.3) is 11.8 Å². The topological polar surface area (TPSA) is 53.0 Å². The van der Waals surface area contributed by atoms with Crippen molar-refractivity contribution in [2.75, 3.05) is 23.4 Å². The summed E-state index contributed by atoms with van der Waals surface area (Å²) in [5, 5.41) is 1.18. The summed E-state index contributed by atoms with van der Waals surface area (Å²) in [6.45, 7) is 2.64. The van der Waals surface area contributed by atoms with Crippen molar-refractivity contribution in [1.29, 1.82) is 0 Å². The molecule has 0 saturated heterocycles. The number of fused-ring (bicyclic) bond motifs is 1. The van der Waals surface area contributed by atoms with E-state index in [1.54, 1.807) is 17.0 Å². The summed E-state index contributed by atoms with van der Waals surface area (Å²) >= 11 is 7.19. The molecule has 5 nitrogen and oxygen atoms in total. The Morgan fingerprint density at radius 2 is 1.82 bits per heavy atom. The number of aliphatic imine (C=N–C) groups is 1. The van der Waals surface area contributed by atoms with Gasteiger partial charge in [0.1, 0.15) is 0 Å². The minimum atomic E-state index is -0.377. The third kappa shape index (κ3) is 3.12. The lowest BCUT2D eigenvalue weighted by atomic mass is 10.1. The first kappa shape index (κ1) is 18.8. The Morgan fingerprint density at radius 1 is 1.11 bits per heavy atom. The molecule has 2 amide bonds. The van der Waals surface area contributed by atoms with Gasteiger partial charge in [-0.3, -0.25) is 9.59 Å². The van der Waals surface area contributed by atoms with Crippen molar-refractivity contribution in [1.82, 2.24) is 0 Å². The molecule has 0 atom stereocenters. The molecule has 2 aromatic rings. The van der Waals surface area contributed by atoms with Crippen molar-refractivity contribution >= 4 is 57.3 Å². The second-order valence-electron chi connectivity index (χ2n) is 6.52. The highest BCUT2D eigenvalue weighted by Crippen LogP contribution is 2.43. The maximum atomic E-state index is 13.1. The maximum Gasteiger partial charge on any atom is 0.287 e. The number of benzene rings is 2. The summed E-state index contributed by atoms with van der Waals surface area (Å²) in [7, 11) is 1.84. The smallest absolute Gasteiger partial charge is 0.287 e. The number of rotatable bonds is 3. The third-order valence-electron chi connectivity index (χ3n) is 4.68. The highest BCUT2D eigenvalue weighted by atomic mass is 35.5. The number of halogens is 1. The summed E-state index contributed by atoms with van der Waals surface area (Å²) in [6, 6.07) is 14.9. The largest absolute Gasteiger partial charge is 0.324 e. The Labute approximate surface area is 172 Å². The summed E-state index contributed by atoms with van der Waals surface area (Å²) < 4.78 is 0. The number of para-hydroxylation sites is 1. The van der Waals surface area contributed by atoms with E-state index in [1.807, 2.05) is 55.3 Å². The second kappa shape index (κ2) is 7.45. The lowest BCUT2D eigenvalue weighted by Gasteiger charge is -2.18. The normalized spacial score (nSPS) is 18.5. The number of nitrogens with zero attached hydrogens (tertiary/aromatic N) is 3. The zero-order valence-corrected chi connectivity index (χ0v) is 17.0. The first-order chi connectivity index (χ1) is 13.5. The molecule has 2 aliphatic rings. The Kier molecular flexibility index (Phi) is 5.00. The lowest BCUT2D eigenvalue weighted by Crippen LogP contribution is -2.27. The molecular formula is C21H18ClN3O2S. The van der Waals surface area contributed by atoms with Crippen LogP contribution in [-0.2, 0) is 9.59 Å². The summed E-state index contributed by atoms with van der Waals surface area (Å²) in [5.74, 6) is -0.512. The van der Waals surface area contributed by atoms with Crippen LogP contribution in [0.3, 0.4) is 0 Å². The fourth-order valence-corrected chi connectivity index (χ4v) is 4.43. The van der Waals surface area contributed by atoms with Crippen molar-refractivity contribution < 1.29 is 9.59 Å². The van der Waals surface area contributed by atoms with Gasteiger partial charge in [0.05, 0.1) is 16.2 Å². The number of amidine groups is 1. The average molecular weight is 412 g/mol. The number of thioether (sulfide) groups is 1. The quantitative estimate of drug-likeness (QED) is 0.694. The summed E-state index contributed by atoms with van der Waals surface area (Å²) in [5.41, 5.74) is 2.95. The van der Waals surface area contributed by atoms with Crippen LogP contribution in [0.2, 0.25) is 5.02 Å². The Balaban J connectivity index is 1.71. The van der Waals surface area contributed by atoms with E-state index < -0.39 is 0 Å². The van der Waals surface area contributed by atoms with Gasteiger partial charge in [0, 0.05) is 29.9 Å². The van der Waals surface area contributed by atoms with Crippen LogP contribution in [-0.4, -0.2) is 30.6 Å². The highest BCUT2D eigenvalue weighted by Gasteiger charge is 2.38. The molecule has 142 valence electrons. The van der Waals surface area contributed by atoms with E-state index in [-0.39, 0.29) is 11.8 Å². The molecule has 0 fully saturated rings. The van der Waals surface area contributed by atoms with E-state index in [2.05, 4.69) is 4.99 Å². The van der Waals surface area contributed by atoms with Crippen LogP contribution in [0.15, 0.2) is 58.4 Å². The van der Waals surface area contributed by atoms with E-state index in [0.29, 0.717) is 27.2 Å². The number of hydrogen-bond acceptors (Lipinski definition) is 4. The summed E-state index contributed by atoms with van der Waals surface area (Å²) in [6.07, 6.45) is 0.838. The molecule has 0 radical (unpaired) electrons. The predicted octanol–water partition coefficient (Wildman–Crippen LogP) is 4.57. The fourth-order valence-electron chi connectivity index (χ4n) is 3.32. The Morgan fingerprint density at radius 3 is 2.54 bits per heavy atom. The van der Waals surface area contributed by atoms with Gasteiger partial charge >= 0.3 is 0 Å². The fraction of sp³-hybridized carbons (Fsp3) is 0.190. The van der Waals surface area contributed by atoms with E-state index in [9.17, 15) is 9.59 Å². The van der Waals surface area contributed by atoms with E-state index in [1.165, 1.54) is 11.8 Å². The molecule has 0 bridgehead atoms. The van der Waals surface area contributed by atoms with Crippen LogP contribution < -0.4 is 9.80 Å². The molecule has 0 saturated carbocycles. The third-order valence-corrected chi connectivity index (χ3v) is 6.07. The first-order valence-corrected chi connectivity index (χ1v) is 10.2. The maximum absolute atomic E-state index is 13.1. The van der Waals surface area contributed by atoms with Crippen LogP contribution in [0.25, 0.3) is 5.57 Å². The first-order valence-electron chi connectivity index (χ1n) is 8.97. The van der Waals surface area contributed by atoms with Gasteiger partial charge in [-0.1, -0.05) is 36.7 Å². The molecule has 0 aromatic heterocycles. The number of carbonyl (C=O) groups is 2. The van der Waals surface area contributed by atoms with Gasteiger partial charge in [-0.15, -0.1) is 0 Å². The molecule has 0 unspecified atom stereocenters. The molecule has 4 rings (SSSR count). The van der Waals surface area contributed by atoms with Crippen LogP contribution in [0.1, 0.15) is 18.9 Å². The van der Waals surface area contributed by atoms with Crippen molar-refractivity contribution in [3.63, 3.8) is 0 Å². The SMILES string of the molecule is CCCN1C(=O)/C(=C2/SC(N(C)c3ccc(Cl)cc3)=NC2=O)c2ccccc21. The number of hydrogen-bond donors (Lipinski definition) is 0. The lowest BCUT2D eigenvalue weighted by molar-refractivity contribution is -0.115. The standard InChI is InChI=1S/C21H18ClN3O2S/c1-3-12-25-16-7-5-4-6-15(16)17(20(25)27)18-19(26)23-21(28-18)24(2)14-10-8-13(22)9-11-14/h4-11H,3,12H2,1-2H3/b18-17+. The van der Waals surface area contributed by atoms with Gasteiger partial charge in [-0.25, -0.2) is 0 Å². The van der Waals surface area contributed by atoms with Crippen molar-refractivity contribution in [3.05, 3.63) is 64.0 Å². The molecule has 2 aliphatic heterocycles. The zero-order valence-electron chi connectivity index (χ0n) is 15.5. The summed E-state index contributed by atoms with van der Waals surface area (Å²) in [4.78, 5) is 33.9.